The average Bonchev–Trinajstić information content (AvgIpc) is 2.84. The third-order valence-corrected chi connectivity index (χ3v) is 4.03. The van der Waals surface area contributed by atoms with E-state index < -0.39 is 0 Å². The molecule has 1 heterocycles. The lowest BCUT2D eigenvalue weighted by molar-refractivity contribution is 0.0829. The fraction of sp³-hybridized carbons (Fsp3) is 0.643. The molecule has 18 heavy (non-hydrogen) atoms. The molecule has 2 unspecified atom stereocenters. The lowest BCUT2D eigenvalue weighted by atomic mass is 9.85. The van der Waals surface area contributed by atoms with Gasteiger partial charge in [-0.1, -0.05) is 13.3 Å². The van der Waals surface area contributed by atoms with Crippen LogP contribution in [-0.2, 0) is 0 Å². The number of nitrogens with one attached hydrogen (secondary N) is 1. The first-order valence-corrected chi connectivity index (χ1v) is 6.45. The molecule has 0 bridgehead atoms. The fourth-order valence-electron chi connectivity index (χ4n) is 2.76. The maximum atomic E-state index is 12.2. The number of carbonyl (C=O) groups excluding carboxylic acids is 1. The zero-order valence-electron chi connectivity index (χ0n) is 11.2. The molecule has 2 atom stereocenters. The summed E-state index contributed by atoms with van der Waals surface area (Å²) in [5.41, 5.74) is 0.405. The molecule has 1 aromatic heterocycles. The Balaban J connectivity index is 2.10. The van der Waals surface area contributed by atoms with E-state index >= 15 is 0 Å². The highest BCUT2D eigenvalue weighted by atomic mass is 16.3. The topological polar surface area (TPSA) is 62.5 Å². The Morgan fingerprint density at radius 1 is 1.61 bits per heavy atom. The van der Waals surface area contributed by atoms with Crippen molar-refractivity contribution >= 4 is 5.91 Å². The van der Waals surface area contributed by atoms with Gasteiger partial charge in [-0.3, -0.25) is 4.79 Å². The van der Waals surface area contributed by atoms with Gasteiger partial charge in [0.05, 0.1) is 12.2 Å². The van der Waals surface area contributed by atoms with Gasteiger partial charge in [-0.05, 0) is 32.8 Å². The van der Waals surface area contributed by atoms with E-state index in [0.29, 0.717) is 11.3 Å². The summed E-state index contributed by atoms with van der Waals surface area (Å²) >= 11 is 0. The quantitative estimate of drug-likeness (QED) is 0.865. The van der Waals surface area contributed by atoms with E-state index in [-0.39, 0.29) is 24.0 Å². The first-order chi connectivity index (χ1) is 8.46. The molecule has 1 aromatic rings. The number of aliphatic hydroxyl groups is 1. The van der Waals surface area contributed by atoms with Crippen molar-refractivity contribution in [3.8, 4) is 0 Å². The molecule has 0 radical (unpaired) electrons. The van der Waals surface area contributed by atoms with Crippen LogP contribution in [0.25, 0.3) is 0 Å². The van der Waals surface area contributed by atoms with Gasteiger partial charge >= 0.3 is 0 Å². The predicted octanol–water partition coefficient (Wildman–Crippen LogP) is 2.18. The zero-order chi connectivity index (χ0) is 13.3. The summed E-state index contributed by atoms with van der Waals surface area (Å²) in [6.07, 6.45) is 2.93. The number of rotatable bonds is 3. The van der Waals surface area contributed by atoms with Crippen molar-refractivity contribution in [1.82, 2.24) is 5.32 Å². The molecule has 0 saturated heterocycles. The Labute approximate surface area is 107 Å². The number of furan rings is 1. The standard InChI is InChI=1S/C14H21NO3/c1-9-7-11(10(2)18-9)13(17)15-12-5-4-6-14(12,3)8-16/h7,12,16H,4-6,8H2,1-3H3,(H,15,17). The molecular formula is C14H21NO3. The summed E-state index contributed by atoms with van der Waals surface area (Å²) in [7, 11) is 0. The van der Waals surface area contributed by atoms with E-state index in [2.05, 4.69) is 5.32 Å². The molecule has 1 aliphatic carbocycles. The third-order valence-electron chi connectivity index (χ3n) is 4.03. The summed E-state index contributed by atoms with van der Waals surface area (Å²) in [6, 6.07) is 1.81. The second-order valence-corrected chi connectivity index (χ2v) is 5.56. The van der Waals surface area contributed by atoms with E-state index in [9.17, 15) is 9.90 Å². The van der Waals surface area contributed by atoms with E-state index in [1.54, 1.807) is 13.0 Å². The minimum absolute atomic E-state index is 0.0459. The molecular weight excluding hydrogens is 230 g/mol. The number of aryl methyl sites for hydroxylation is 2. The van der Waals surface area contributed by atoms with Crippen molar-refractivity contribution in [3.63, 3.8) is 0 Å². The summed E-state index contributed by atoms with van der Waals surface area (Å²) in [4.78, 5) is 12.2. The van der Waals surface area contributed by atoms with Crippen LogP contribution in [0.3, 0.4) is 0 Å². The zero-order valence-corrected chi connectivity index (χ0v) is 11.2. The summed E-state index contributed by atoms with van der Waals surface area (Å²) in [5.74, 6) is 1.29. The fourth-order valence-corrected chi connectivity index (χ4v) is 2.76. The number of aliphatic hydroxyl groups excluding tert-OH is 1. The van der Waals surface area contributed by atoms with E-state index in [4.69, 9.17) is 4.42 Å². The van der Waals surface area contributed by atoms with Gasteiger partial charge in [-0.15, -0.1) is 0 Å². The maximum Gasteiger partial charge on any atom is 0.255 e. The molecule has 0 aromatic carbocycles. The van der Waals surface area contributed by atoms with Crippen LogP contribution in [0.4, 0.5) is 0 Å². The Morgan fingerprint density at radius 3 is 2.89 bits per heavy atom. The number of hydrogen-bond donors (Lipinski definition) is 2. The van der Waals surface area contributed by atoms with Gasteiger partial charge < -0.3 is 14.8 Å². The van der Waals surface area contributed by atoms with E-state index in [1.807, 2.05) is 13.8 Å². The highest BCUT2D eigenvalue weighted by Crippen LogP contribution is 2.37. The minimum atomic E-state index is -0.192. The van der Waals surface area contributed by atoms with Crippen molar-refractivity contribution in [2.75, 3.05) is 6.61 Å². The highest BCUT2D eigenvalue weighted by Gasteiger charge is 2.39. The number of hydrogen-bond acceptors (Lipinski definition) is 3. The first kappa shape index (κ1) is 13.1. The molecule has 100 valence electrons. The molecule has 0 spiro atoms. The second-order valence-electron chi connectivity index (χ2n) is 5.56. The highest BCUT2D eigenvalue weighted by molar-refractivity contribution is 5.95. The summed E-state index contributed by atoms with van der Waals surface area (Å²) in [6.45, 7) is 5.76. The van der Waals surface area contributed by atoms with Crippen LogP contribution < -0.4 is 5.32 Å². The molecule has 4 heteroatoms. The monoisotopic (exact) mass is 251 g/mol. The Kier molecular flexibility index (Phi) is 3.48. The van der Waals surface area contributed by atoms with E-state index in [0.717, 1.165) is 25.0 Å². The molecule has 1 fully saturated rings. The molecule has 1 amide bonds. The molecule has 2 rings (SSSR count). The number of amides is 1. The lowest BCUT2D eigenvalue weighted by Gasteiger charge is -2.30. The van der Waals surface area contributed by atoms with Crippen molar-refractivity contribution < 1.29 is 14.3 Å². The van der Waals surface area contributed by atoms with Gasteiger partial charge in [0.15, 0.2) is 0 Å². The first-order valence-electron chi connectivity index (χ1n) is 6.45. The Bertz CT molecular complexity index is 452. The summed E-state index contributed by atoms with van der Waals surface area (Å²) in [5, 5.41) is 12.5. The van der Waals surface area contributed by atoms with Crippen molar-refractivity contribution in [3.05, 3.63) is 23.2 Å². The molecule has 2 N–H and O–H groups in total. The van der Waals surface area contributed by atoms with Gasteiger partial charge in [0.25, 0.3) is 5.91 Å². The molecule has 0 aliphatic heterocycles. The van der Waals surface area contributed by atoms with Crippen molar-refractivity contribution in [2.24, 2.45) is 5.41 Å². The van der Waals surface area contributed by atoms with Gasteiger partial charge in [0.1, 0.15) is 11.5 Å². The SMILES string of the molecule is Cc1cc(C(=O)NC2CCCC2(C)CO)c(C)o1. The van der Waals surface area contributed by atoms with Crippen LogP contribution in [0.2, 0.25) is 0 Å². The van der Waals surface area contributed by atoms with Crippen molar-refractivity contribution in [2.45, 2.75) is 46.1 Å². The molecule has 1 aliphatic rings. The van der Waals surface area contributed by atoms with Gasteiger partial charge in [0, 0.05) is 11.5 Å². The van der Waals surface area contributed by atoms with Gasteiger partial charge in [0.2, 0.25) is 0 Å². The maximum absolute atomic E-state index is 12.2. The Morgan fingerprint density at radius 2 is 2.33 bits per heavy atom. The van der Waals surface area contributed by atoms with Crippen molar-refractivity contribution in [1.29, 1.82) is 0 Å². The Hall–Kier alpha value is -1.29. The number of carbonyl (C=O) groups is 1. The van der Waals surface area contributed by atoms with Crippen LogP contribution in [0.15, 0.2) is 10.5 Å². The van der Waals surface area contributed by atoms with Gasteiger partial charge in [-0.25, -0.2) is 0 Å². The predicted molar refractivity (Wildman–Crippen MR) is 68.5 cm³/mol. The van der Waals surface area contributed by atoms with Crippen LogP contribution in [0.1, 0.15) is 48.1 Å². The summed E-state index contributed by atoms with van der Waals surface area (Å²) < 4.78 is 5.37. The van der Waals surface area contributed by atoms with Crippen LogP contribution in [-0.4, -0.2) is 23.7 Å². The molecule has 1 saturated carbocycles. The van der Waals surface area contributed by atoms with E-state index in [1.165, 1.54) is 0 Å². The van der Waals surface area contributed by atoms with Crippen LogP contribution in [0, 0.1) is 19.3 Å². The van der Waals surface area contributed by atoms with Crippen LogP contribution >= 0.6 is 0 Å². The molecule has 4 nitrogen and oxygen atoms in total. The average molecular weight is 251 g/mol. The van der Waals surface area contributed by atoms with Crippen LogP contribution in [0.5, 0.6) is 0 Å². The normalized spacial score (nSPS) is 27.4. The second kappa shape index (κ2) is 4.76. The third kappa shape index (κ3) is 2.29. The largest absolute Gasteiger partial charge is 0.466 e. The van der Waals surface area contributed by atoms with Gasteiger partial charge in [-0.2, -0.15) is 0 Å². The minimum Gasteiger partial charge on any atom is -0.466 e. The smallest absolute Gasteiger partial charge is 0.255 e. The lowest BCUT2D eigenvalue weighted by Crippen LogP contribution is -2.44.